The summed E-state index contributed by atoms with van der Waals surface area (Å²) < 4.78 is 7.52. The van der Waals surface area contributed by atoms with Gasteiger partial charge in [-0.3, -0.25) is 4.68 Å². The molecule has 0 radical (unpaired) electrons. The molecule has 2 rings (SSSR count). The summed E-state index contributed by atoms with van der Waals surface area (Å²) in [4.78, 5) is 0. The minimum Gasteiger partial charge on any atom is -0.496 e. The Bertz CT molecular complexity index is 575. The van der Waals surface area contributed by atoms with Crippen molar-refractivity contribution in [2.45, 2.75) is 46.3 Å². The Morgan fingerprint density at radius 3 is 2.76 bits per heavy atom. The maximum atomic E-state index is 5.47. The highest BCUT2D eigenvalue weighted by Crippen LogP contribution is 2.26. The second kappa shape index (κ2) is 7.27. The minimum atomic E-state index is 0.448. The summed E-state index contributed by atoms with van der Waals surface area (Å²) in [7, 11) is 1.72. The van der Waals surface area contributed by atoms with Crippen molar-refractivity contribution in [1.29, 1.82) is 0 Å². The molecular weight excluding hydrogens is 262 g/mol. The average molecular weight is 287 g/mol. The van der Waals surface area contributed by atoms with E-state index in [0.717, 1.165) is 31.0 Å². The van der Waals surface area contributed by atoms with Crippen molar-refractivity contribution in [2.24, 2.45) is 0 Å². The van der Waals surface area contributed by atoms with Gasteiger partial charge < -0.3 is 10.1 Å². The topological polar surface area (TPSA) is 39.1 Å². The predicted octanol–water partition coefficient (Wildman–Crippen LogP) is 3.47. The molecule has 0 aliphatic carbocycles. The lowest BCUT2D eigenvalue weighted by Crippen LogP contribution is -2.22. The molecule has 0 atom stereocenters. The van der Waals surface area contributed by atoms with Crippen molar-refractivity contribution in [3.63, 3.8) is 0 Å². The summed E-state index contributed by atoms with van der Waals surface area (Å²) in [6, 6.07) is 8.84. The van der Waals surface area contributed by atoms with Gasteiger partial charge in [0.2, 0.25) is 0 Å². The molecule has 1 aromatic heterocycles. The molecule has 0 aliphatic rings. The fraction of sp³-hybridized carbons (Fsp3) is 0.471. The third-order valence-corrected chi connectivity index (χ3v) is 3.43. The molecule has 0 saturated heterocycles. The number of nitrogens with one attached hydrogen (secondary N) is 1. The van der Waals surface area contributed by atoms with Crippen LogP contribution in [0, 0.1) is 0 Å². The maximum Gasteiger partial charge on any atom is 0.123 e. The van der Waals surface area contributed by atoms with Gasteiger partial charge >= 0.3 is 0 Å². The Labute approximate surface area is 127 Å². The number of ether oxygens (including phenoxy) is 1. The molecule has 1 heterocycles. The van der Waals surface area contributed by atoms with Crippen molar-refractivity contribution in [3.8, 4) is 17.0 Å². The summed E-state index contributed by atoms with van der Waals surface area (Å²) in [5.41, 5.74) is 3.51. The van der Waals surface area contributed by atoms with Crippen LogP contribution in [0.2, 0.25) is 0 Å². The van der Waals surface area contributed by atoms with E-state index in [-0.39, 0.29) is 0 Å². The fourth-order valence-corrected chi connectivity index (χ4v) is 2.36. The van der Waals surface area contributed by atoms with Gasteiger partial charge in [0.25, 0.3) is 0 Å². The van der Waals surface area contributed by atoms with Crippen LogP contribution in [0.5, 0.6) is 5.75 Å². The van der Waals surface area contributed by atoms with Gasteiger partial charge in [-0.15, -0.1) is 0 Å². The molecule has 0 fully saturated rings. The largest absolute Gasteiger partial charge is 0.496 e. The van der Waals surface area contributed by atoms with Crippen LogP contribution in [0.25, 0.3) is 11.3 Å². The quantitative estimate of drug-likeness (QED) is 0.847. The highest BCUT2D eigenvalue weighted by molar-refractivity contribution is 5.62. The third-order valence-electron chi connectivity index (χ3n) is 3.43. The van der Waals surface area contributed by atoms with E-state index in [9.17, 15) is 0 Å². The fourth-order valence-electron chi connectivity index (χ4n) is 2.36. The molecule has 2 aromatic rings. The molecule has 0 spiro atoms. The zero-order valence-corrected chi connectivity index (χ0v) is 13.4. The first-order valence-electron chi connectivity index (χ1n) is 7.58. The van der Waals surface area contributed by atoms with Crippen LogP contribution < -0.4 is 10.1 Å². The van der Waals surface area contributed by atoms with Gasteiger partial charge in [0, 0.05) is 36.5 Å². The molecule has 114 valence electrons. The Hall–Kier alpha value is -1.81. The SMILES string of the molecule is CCCn1nccc1-c1ccc(OC)c(CNC(C)C)c1. The van der Waals surface area contributed by atoms with Crippen LogP contribution in [0.4, 0.5) is 0 Å². The lowest BCUT2D eigenvalue weighted by molar-refractivity contribution is 0.406. The minimum absolute atomic E-state index is 0.448. The lowest BCUT2D eigenvalue weighted by atomic mass is 10.1. The Kier molecular flexibility index (Phi) is 5.39. The van der Waals surface area contributed by atoms with E-state index in [4.69, 9.17) is 4.74 Å². The molecule has 0 unspecified atom stereocenters. The van der Waals surface area contributed by atoms with Crippen LogP contribution in [0.3, 0.4) is 0 Å². The zero-order valence-electron chi connectivity index (χ0n) is 13.4. The monoisotopic (exact) mass is 287 g/mol. The van der Waals surface area contributed by atoms with Gasteiger partial charge in [0.05, 0.1) is 12.8 Å². The summed E-state index contributed by atoms with van der Waals surface area (Å²) in [6.07, 6.45) is 2.94. The van der Waals surface area contributed by atoms with E-state index in [0.29, 0.717) is 6.04 Å². The highest BCUT2D eigenvalue weighted by Gasteiger charge is 2.09. The standard InChI is InChI=1S/C17H25N3O/c1-5-10-20-16(8-9-19-20)14-6-7-17(21-4)15(11-14)12-18-13(2)3/h6-9,11,13,18H,5,10,12H2,1-4H3. The average Bonchev–Trinajstić information content (AvgIpc) is 2.93. The van der Waals surface area contributed by atoms with Gasteiger partial charge in [-0.2, -0.15) is 5.10 Å². The first kappa shape index (κ1) is 15.6. The van der Waals surface area contributed by atoms with E-state index in [1.54, 1.807) is 7.11 Å². The molecular formula is C17H25N3O. The zero-order chi connectivity index (χ0) is 15.2. The number of methoxy groups -OCH3 is 1. The van der Waals surface area contributed by atoms with Crippen LogP contribution in [0.15, 0.2) is 30.5 Å². The van der Waals surface area contributed by atoms with Crippen LogP contribution >= 0.6 is 0 Å². The molecule has 1 aromatic carbocycles. The second-order valence-corrected chi connectivity index (χ2v) is 5.50. The molecule has 1 N–H and O–H groups in total. The summed E-state index contributed by atoms with van der Waals surface area (Å²) >= 11 is 0. The third kappa shape index (κ3) is 3.85. The number of rotatable bonds is 7. The van der Waals surface area contributed by atoms with Crippen molar-refractivity contribution < 1.29 is 4.74 Å². The molecule has 21 heavy (non-hydrogen) atoms. The first-order valence-corrected chi connectivity index (χ1v) is 7.58. The molecule has 0 saturated carbocycles. The number of nitrogens with zero attached hydrogens (tertiary/aromatic N) is 2. The highest BCUT2D eigenvalue weighted by atomic mass is 16.5. The molecule has 0 bridgehead atoms. The van der Waals surface area contributed by atoms with Crippen LogP contribution in [-0.2, 0) is 13.1 Å². The van der Waals surface area contributed by atoms with Crippen molar-refractivity contribution in [1.82, 2.24) is 15.1 Å². The van der Waals surface area contributed by atoms with Crippen molar-refractivity contribution in [3.05, 3.63) is 36.0 Å². The summed E-state index contributed by atoms with van der Waals surface area (Å²) in [5, 5.41) is 7.84. The van der Waals surface area contributed by atoms with Gasteiger partial charge in [-0.1, -0.05) is 20.8 Å². The maximum absolute atomic E-state index is 5.47. The van der Waals surface area contributed by atoms with Crippen molar-refractivity contribution >= 4 is 0 Å². The lowest BCUT2D eigenvalue weighted by Gasteiger charge is -2.14. The molecule has 4 nitrogen and oxygen atoms in total. The Morgan fingerprint density at radius 2 is 2.10 bits per heavy atom. The second-order valence-electron chi connectivity index (χ2n) is 5.50. The molecule has 0 amide bonds. The number of benzene rings is 1. The van der Waals surface area contributed by atoms with Crippen LogP contribution in [0.1, 0.15) is 32.8 Å². The normalized spacial score (nSPS) is 11.1. The van der Waals surface area contributed by atoms with Gasteiger partial charge in [-0.05, 0) is 30.7 Å². The predicted molar refractivity (Wildman–Crippen MR) is 86.5 cm³/mol. The van der Waals surface area contributed by atoms with Gasteiger partial charge in [0.15, 0.2) is 0 Å². The molecule has 0 aliphatic heterocycles. The Morgan fingerprint density at radius 1 is 1.29 bits per heavy atom. The van der Waals surface area contributed by atoms with E-state index < -0.39 is 0 Å². The first-order chi connectivity index (χ1) is 10.2. The van der Waals surface area contributed by atoms with E-state index >= 15 is 0 Å². The van der Waals surface area contributed by atoms with Gasteiger partial charge in [0.1, 0.15) is 5.75 Å². The van der Waals surface area contributed by atoms with Gasteiger partial charge in [-0.25, -0.2) is 0 Å². The number of aromatic nitrogens is 2. The summed E-state index contributed by atoms with van der Waals surface area (Å²) in [5.74, 6) is 0.924. The van der Waals surface area contributed by atoms with Crippen LogP contribution in [-0.4, -0.2) is 22.9 Å². The number of hydrogen-bond acceptors (Lipinski definition) is 3. The molecule has 4 heteroatoms. The smallest absolute Gasteiger partial charge is 0.123 e. The summed E-state index contributed by atoms with van der Waals surface area (Å²) in [6.45, 7) is 8.20. The van der Waals surface area contributed by atoms with E-state index in [2.05, 4.69) is 54.1 Å². The van der Waals surface area contributed by atoms with Crippen molar-refractivity contribution in [2.75, 3.05) is 7.11 Å². The van der Waals surface area contributed by atoms with E-state index in [1.165, 1.54) is 11.1 Å². The van der Waals surface area contributed by atoms with E-state index in [1.807, 2.05) is 12.3 Å². The number of hydrogen-bond donors (Lipinski definition) is 1. The Balaban J connectivity index is 2.32. The number of aryl methyl sites for hydroxylation is 1.